The molecule has 19 heavy (non-hydrogen) atoms. The zero-order valence-electron chi connectivity index (χ0n) is 11.1. The van der Waals surface area contributed by atoms with Crippen molar-refractivity contribution in [3.8, 4) is 0 Å². The van der Waals surface area contributed by atoms with E-state index in [4.69, 9.17) is 11.6 Å². The highest BCUT2D eigenvalue weighted by Gasteiger charge is 2.24. The fourth-order valence-electron chi connectivity index (χ4n) is 2.76. The molecule has 0 radical (unpaired) electrons. The summed E-state index contributed by atoms with van der Waals surface area (Å²) in [6.45, 7) is 1.93. The van der Waals surface area contributed by atoms with Gasteiger partial charge in [0, 0.05) is 36.6 Å². The van der Waals surface area contributed by atoms with Crippen LogP contribution in [0.25, 0.3) is 10.9 Å². The number of pyridine rings is 1. The summed E-state index contributed by atoms with van der Waals surface area (Å²) in [5.41, 5.74) is 2.44. The molecule has 100 valence electrons. The van der Waals surface area contributed by atoms with E-state index in [1.165, 1.54) is 30.2 Å². The van der Waals surface area contributed by atoms with Crippen LogP contribution in [0.4, 0.5) is 0 Å². The van der Waals surface area contributed by atoms with E-state index < -0.39 is 0 Å². The Bertz CT molecular complexity index is 546. The number of alkyl halides is 1. The van der Waals surface area contributed by atoms with Crippen LogP contribution in [0.15, 0.2) is 36.5 Å². The zero-order chi connectivity index (χ0) is 13.1. The van der Waals surface area contributed by atoms with Crippen molar-refractivity contribution < 1.29 is 0 Å². The van der Waals surface area contributed by atoms with E-state index in [1.807, 2.05) is 12.3 Å². The standard InChI is InChI=1S/C16H19ClN2/c17-9-11-19(15-7-2-8-15)12-14-5-1-4-13-6-3-10-18-16(13)14/h1,3-6,10,15H,2,7-9,11-12H2. The first-order chi connectivity index (χ1) is 9.38. The molecule has 1 aliphatic rings. The molecule has 1 saturated carbocycles. The van der Waals surface area contributed by atoms with Gasteiger partial charge in [0.25, 0.3) is 0 Å². The second kappa shape index (κ2) is 5.89. The predicted molar refractivity (Wildman–Crippen MR) is 80.5 cm³/mol. The maximum Gasteiger partial charge on any atom is 0.0746 e. The quantitative estimate of drug-likeness (QED) is 0.771. The van der Waals surface area contributed by atoms with Crippen LogP contribution in [0.3, 0.4) is 0 Å². The number of hydrogen-bond donors (Lipinski definition) is 0. The molecule has 3 rings (SSSR count). The van der Waals surface area contributed by atoms with Gasteiger partial charge in [-0.15, -0.1) is 11.6 Å². The van der Waals surface area contributed by atoms with Crippen LogP contribution in [-0.2, 0) is 6.54 Å². The van der Waals surface area contributed by atoms with Crippen LogP contribution >= 0.6 is 11.6 Å². The van der Waals surface area contributed by atoms with E-state index >= 15 is 0 Å². The molecule has 1 aromatic heterocycles. The van der Waals surface area contributed by atoms with Crippen LogP contribution in [0.2, 0.25) is 0 Å². The van der Waals surface area contributed by atoms with Crippen molar-refractivity contribution in [1.82, 2.24) is 9.88 Å². The summed E-state index contributed by atoms with van der Waals surface area (Å²) in [7, 11) is 0. The second-order valence-corrected chi connectivity index (χ2v) is 5.61. The van der Waals surface area contributed by atoms with Gasteiger partial charge in [0.05, 0.1) is 5.52 Å². The van der Waals surface area contributed by atoms with Crippen molar-refractivity contribution in [2.75, 3.05) is 12.4 Å². The maximum atomic E-state index is 5.95. The van der Waals surface area contributed by atoms with E-state index in [0.717, 1.165) is 24.6 Å². The Kier molecular flexibility index (Phi) is 4.00. The summed E-state index contributed by atoms with van der Waals surface area (Å²) in [5, 5.41) is 1.22. The third kappa shape index (κ3) is 2.75. The number of halogens is 1. The third-order valence-electron chi connectivity index (χ3n) is 4.05. The summed E-state index contributed by atoms with van der Waals surface area (Å²) >= 11 is 5.95. The van der Waals surface area contributed by atoms with Gasteiger partial charge in [-0.05, 0) is 24.5 Å². The molecular weight excluding hydrogens is 256 g/mol. The minimum Gasteiger partial charge on any atom is -0.295 e. The summed E-state index contributed by atoms with van der Waals surface area (Å²) in [6, 6.07) is 11.3. The van der Waals surface area contributed by atoms with E-state index in [9.17, 15) is 0 Å². The van der Waals surface area contributed by atoms with Gasteiger partial charge in [0.1, 0.15) is 0 Å². The van der Waals surface area contributed by atoms with E-state index in [0.29, 0.717) is 5.88 Å². The Labute approximate surface area is 119 Å². The highest BCUT2D eigenvalue weighted by molar-refractivity contribution is 6.18. The minimum absolute atomic E-state index is 0.703. The summed E-state index contributed by atoms with van der Waals surface area (Å²) < 4.78 is 0. The lowest BCUT2D eigenvalue weighted by Crippen LogP contribution is -2.40. The van der Waals surface area contributed by atoms with Crippen LogP contribution in [0.5, 0.6) is 0 Å². The molecule has 0 atom stereocenters. The number of para-hydroxylation sites is 1. The molecule has 1 aromatic carbocycles. The molecule has 0 bridgehead atoms. The second-order valence-electron chi connectivity index (χ2n) is 5.24. The summed E-state index contributed by atoms with van der Waals surface area (Å²) in [6.07, 6.45) is 5.86. The van der Waals surface area contributed by atoms with Crippen molar-refractivity contribution in [3.05, 3.63) is 42.1 Å². The van der Waals surface area contributed by atoms with Crippen LogP contribution in [0, 0.1) is 0 Å². The first-order valence-corrected chi connectivity index (χ1v) is 7.54. The molecule has 0 aliphatic heterocycles. The zero-order valence-corrected chi connectivity index (χ0v) is 11.8. The molecule has 0 N–H and O–H groups in total. The van der Waals surface area contributed by atoms with E-state index in [1.54, 1.807) is 0 Å². The molecule has 1 heterocycles. The van der Waals surface area contributed by atoms with Gasteiger partial charge in [-0.1, -0.05) is 30.7 Å². The minimum atomic E-state index is 0.703. The molecule has 0 saturated heterocycles. The van der Waals surface area contributed by atoms with Gasteiger partial charge in [0.15, 0.2) is 0 Å². The predicted octanol–water partition coefficient (Wildman–Crippen LogP) is 3.83. The van der Waals surface area contributed by atoms with Crippen LogP contribution in [0.1, 0.15) is 24.8 Å². The first kappa shape index (κ1) is 12.9. The number of rotatable bonds is 5. The molecular formula is C16H19ClN2. The lowest BCUT2D eigenvalue weighted by molar-refractivity contribution is 0.128. The SMILES string of the molecule is ClCCN(Cc1cccc2cccnc12)C1CCC1. The number of nitrogens with zero attached hydrogens (tertiary/aromatic N) is 2. The monoisotopic (exact) mass is 274 g/mol. The lowest BCUT2D eigenvalue weighted by Gasteiger charge is -2.37. The molecule has 3 heteroatoms. The maximum absolute atomic E-state index is 5.95. The molecule has 2 nitrogen and oxygen atoms in total. The Morgan fingerprint density at radius 1 is 1.21 bits per heavy atom. The molecule has 2 aromatic rings. The Morgan fingerprint density at radius 3 is 2.79 bits per heavy atom. The summed E-state index contributed by atoms with van der Waals surface area (Å²) in [4.78, 5) is 7.05. The van der Waals surface area contributed by atoms with Crippen molar-refractivity contribution in [1.29, 1.82) is 0 Å². The van der Waals surface area contributed by atoms with E-state index in [-0.39, 0.29) is 0 Å². The molecule has 0 unspecified atom stereocenters. The largest absolute Gasteiger partial charge is 0.295 e. The van der Waals surface area contributed by atoms with Gasteiger partial charge in [0.2, 0.25) is 0 Å². The smallest absolute Gasteiger partial charge is 0.0746 e. The van der Waals surface area contributed by atoms with Crippen LogP contribution in [-0.4, -0.2) is 28.4 Å². The van der Waals surface area contributed by atoms with E-state index in [2.05, 4.69) is 34.1 Å². The summed E-state index contributed by atoms with van der Waals surface area (Å²) in [5.74, 6) is 0.703. The van der Waals surface area contributed by atoms with Gasteiger partial charge < -0.3 is 0 Å². The lowest BCUT2D eigenvalue weighted by atomic mass is 9.91. The van der Waals surface area contributed by atoms with Crippen molar-refractivity contribution in [3.63, 3.8) is 0 Å². The Morgan fingerprint density at radius 2 is 2.05 bits per heavy atom. The Hall–Kier alpha value is -1.12. The molecule has 1 aliphatic carbocycles. The average molecular weight is 275 g/mol. The third-order valence-corrected chi connectivity index (χ3v) is 4.22. The van der Waals surface area contributed by atoms with Crippen molar-refractivity contribution in [2.45, 2.75) is 31.8 Å². The first-order valence-electron chi connectivity index (χ1n) is 7.01. The normalized spacial score (nSPS) is 15.9. The average Bonchev–Trinajstić information content (AvgIpc) is 2.37. The number of fused-ring (bicyclic) bond motifs is 1. The highest BCUT2D eigenvalue weighted by Crippen LogP contribution is 2.27. The van der Waals surface area contributed by atoms with Crippen LogP contribution < -0.4 is 0 Å². The van der Waals surface area contributed by atoms with Crippen molar-refractivity contribution in [2.24, 2.45) is 0 Å². The van der Waals surface area contributed by atoms with Gasteiger partial charge in [-0.25, -0.2) is 0 Å². The molecule has 0 amide bonds. The fraction of sp³-hybridized carbons (Fsp3) is 0.438. The number of benzene rings is 1. The van der Waals surface area contributed by atoms with Crippen molar-refractivity contribution >= 4 is 22.5 Å². The topological polar surface area (TPSA) is 16.1 Å². The Balaban J connectivity index is 1.86. The number of aromatic nitrogens is 1. The van der Waals surface area contributed by atoms with Gasteiger partial charge in [-0.2, -0.15) is 0 Å². The highest BCUT2D eigenvalue weighted by atomic mass is 35.5. The molecule has 1 fully saturated rings. The fourth-order valence-corrected chi connectivity index (χ4v) is 2.98. The van der Waals surface area contributed by atoms with Gasteiger partial charge in [-0.3, -0.25) is 9.88 Å². The molecule has 0 spiro atoms. The van der Waals surface area contributed by atoms with Gasteiger partial charge >= 0.3 is 0 Å². The number of hydrogen-bond acceptors (Lipinski definition) is 2.